The van der Waals surface area contributed by atoms with E-state index in [0.717, 1.165) is 10.9 Å². The molecule has 1 aromatic carbocycles. The van der Waals surface area contributed by atoms with E-state index in [1.54, 1.807) is 30.1 Å². The Morgan fingerprint density at radius 3 is 2.81 bits per heavy atom. The van der Waals surface area contributed by atoms with Gasteiger partial charge in [-0.05, 0) is 30.7 Å². The first kappa shape index (κ1) is 14.1. The van der Waals surface area contributed by atoms with E-state index in [-0.39, 0.29) is 6.61 Å². The summed E-state index contributed by atoms with van der Waals surface area (Å²) in [7, 11) is 1.80. The van der Waals surface area contributed by atoms with Crippen LogP contribution in [0, 0.1) is 6.92 Å². The predicted octanol–water partition coefficient (Wildman–Crippen LogP) is 3.56. The third kappa shape index (κ3) is 2.80. The van der Waals surface area contributed by atoms with Crippen LogP contribution in [0.4, 0.5) is 0 Å². The van der Waals surface area contributed by atoms with Gasteiger partial charge >= 0.3 is 0 Å². The van der Waals surface area contributed by atoms with Gasteiger partial charge in [-0.25, -0.2) is 9.97 Å². The minimum atomic E-state index is 0.224. The zero-order valence-corrected chi connectivity index (χ0v) is 13.0. The molecular formula is C14H12Cl2N4O. The monoisotopic (exact) mass is 322 g/mol. The summed E-state index contributed by atoms with van der Waals surface area (Å²) in [6, 6.07) is 5.47. The Morgan fingerprint density at radius 2 is 2.05 bits per heavy atom. The van der Waals surface area contributed by atoms with Crippen molar-refractivity contribution in [1.29, 1.82) is 0 Å². The highest BCUT2D eigenvalue weighted by molar-refractivity contribution is 6.33. The molecule has 108 valence electrons. The molecule has 3 aromatic rings. The molecule has 0 saturated carbocycles. The first-order chi connectivity index (χ1) is 10.0. The lowest BCUT2D eigenvalue weighted by molar-refractivity contribution is 0.296. The van der Waals surface area contributed by atoms with Gasteiger partial charge < -0.3 is 4.74 Å². The van der Waals surface area contributed by atoms with Gasteiger partial charge in [-0.2, -0.15) is 5.10 Å². The molecule has 5 nitrogen and oxygen atoms in total. The van der Waals surface area contributed by atoms with Gasteiger partial charge in [0.2, 0.25) is 0 Å². The topological polar surface area (TPSA) is 52.8 Å². The van der Waals surface area contributed by atoms with Crippen LogP contribution in [0.5, 0.6) is 5.75 Å². The second-order valence-corrected chi connectivity index (χ2v) is 5.40. The van der Waals surface area contributed by atoms with E-state index in [0.29, 0.717) is 27.4 Å². The molecule has 21 heavy (non-hydrogen) atoms. The molecule has 0 atom stereocenters. The maximum atomic E-state index is 6.13. The zero-order chi connectivity index (χ0) is 15.0. The smallest absolute Gasteiger partial charge is 0.170 e. The van der Waals surface area contributed by atoms with E-state index in [2.05, 4.69) is 15.1 Å². The molecule has 2 heterocycles. The molecule has 0 amide bonds. The number of fused-ring (bicyclic) bond motifs is 1. The van der Waals surface area contributed by atoms with Crippen LogP contribution in [0.2, 0.25) is 10.2 Å². The van der Waals surface area contributed by atoms with Gasteiger partial charge in [-0.3, -0.25) is 4.68 Å². The number of halogens is 2. The Bertz CT molecular complexity index is 816. The van der Waals surface area contributed by atoms with Crippen molar-refractivity contribution >= 4 is 34.2 Å². The van der Waals surface area contributed by atoms with Crippen LogP contribution < -0.4 is 4.74 Å². The summed E-state index contributed by atoms with van der Waals surface area (Å²) in [5.41, 5.74) is 1.64. The molecule has 0 aliphatic heterocycles. The highest BCUT2D eigenvalue weighted by Crippen LogP contribution is 2.23. The van der Waals surface area contributed by atoms with Crippen molar-refractivity contribution in [2.24, 2.45) is 7.05 Å². The predicted molar refractivity (Wildman–Crippen MR) is 81.8 cm³/mol. The molecule has 0 aliphatic rings. The fourth-order valence-electron chi connectivity index (χ4n) is 1.95. The normalized spacial score (nSPS) is 11.0. The first-order valence-electron chi connectivity index (χ1n) is 6.27. The summed E-state index contributed by atoms with van der Waals surface area (Å²) in [4.78, 5) is 8.62. The Balaban J connectivity index is 1.84. The van der Waals surface area contributed by atoms with Gasteiger partial charge in [0.05, 0.1) is 11.6 Å². The van der Waals surface area contributed by atoms with Crippen LogP contribution in [0.15, 0.2) is 24.4 Å². The minimum absolute atomic E-state index is 0.224. The van der Waals surface area contributed by atoms with Crippen LogP contribution in [-0.2, 0) is 13.7 Å². The molecule has 0 fully saturated rings. The van der Waals surface area contributed by atoms with E-state index >= 15 is 0 Å². The van der Waals surface area contributed by atoms with Crippen molar-refractivity contribution in [1.82, 2.24) is 19.7 Å². The fourth-order valence-corrected chi connectivity index (χ4v) is 2.30. The molecule has 0 N–H and O–H groups in total. The minimum Gasteiger partial charge on any atom is -0.486 e. The van der Waals surface area contributed by atoms with E-state index in [1.807, 2.05) is 13.0 Å². The van der Waals surface area contributed by atoms with Crippen LogP contribution in [0.3, 0.4) is 0 Å². The third-order valence-corrected chi connectivity index (χ3v) is 3.80. The lowest BCUT2D eigenvalue weighted by Gasteiger charge is -2.07. The summed E-state index contributed by atoms with van der Waals surface area (Å²) >= 11 is 12.1. The van der Waals surface area contributed by atoms with Crippen LogP contribution in [0.1, 0.15) is 11.4 Å². The molecular weight excluding hydrogens is 311 g/mol. The fraction of sp³-hybridized carbons (Fsp3) is 0.214. The maximum absolute atomic E-state index is 6.13. The molecule has 0 bridgehead atoms. The second kappa shape index (κ2) is 5.50. The van der Waals surface area contributed by atoms with Crippen LogP contribution >= 0.6 is 23.2 Å². The van der Waals surface area contributed by atoms with Crippen molar-refractivity contribution < 1.29 is 4.74 Å². The summed E-state index contributed by atoms with van der Waals surface area (Å²) < 4.78 is 7.33. The maximum Gasteiger partial charge on any atom is 0.170 e. The van der Waals surface area contributed by atoms with E-state index in [1.165, 1.54) is 0 Å². The van der Waals surface area contributed by atoms with Crippen LogP contribution in [-0.4, -0.2) is 19.7 Å². The van der Waals surface area contributed by atoms with Crippen LogP contribution in [0.25, 0.3) is 11.0 Å². The number of hydrogen-bond acceptors (Lipinski definition) is 4. The van der Waals surface area contributed by atoms with Gasteiger partial charge in [-0.1, -0.05) is 23.2 Å². The Labute approximate surface area is 131 Å². The summed E-state index contributed by atoms with van der Waals surface area (Å²) in [5.74, 6) is 1.21. The standard InChI is InChI=1S/C14H12Cl2N4O/c1-8-5-9(3-4-11(8)15)21-7-12-18-13(16)10-6-17-20(2)14(10)19-12/h3-6H,7H2,1-2H3. The molecule has 0 aliphatic carbocycles. The molecule has 0 unspecified atom stereocenters. The highest BCUT2D eigenvalue weighted by atomic mass is 35.5. The van der Waals surface area contributed by atoms with Gasteiger partial charge in [0, 0.05) is 12.1 Å². The molecule has 2 aromatic heterocycles. The first-order valence-corrected chi connectivity index (χ1v) is 7.03. The van der Waals surface area contributed by atoms with Gasteiger partial charge in [0.1, 0.15) is 17.5 Å². The van der Waals surface area contributed by atoms with Crippen molar-refractivity contribution in [3.8, 4) is 5.75 Å². The van der Waals surface area contributed by atoms with Crippen molar-refractivity contribution in [2.75, 3.05) is 0 Å². The van der Waals surface area contributed by atoms with Crippen molar-refractivity contribution in [2.45, 2.75) is 13.5 Å². The van der Waals surface area contributed by atoms with E-state index in [9.17, 15) is 0 Å². The highest BCUT2D eigenvalue weighted by Gasteiger charge is 2.10. The summed E-state index contributed by atoms with van der Waals surface area (Å²) in [6.07, 6.45) is 1.64. The van der Waals surface area contributed by atoms with Gasteiger partial charge in [0.15, 0.2) is 11.5 Å². The average molecular weight is 323 g/mol. The third-order valence-electron chi connectivity index (χ3n) is 3.09. The lowest BCUT2D eigenvalue weighted by Crippen LogP contribution is -2.04. The second-order valence-electron chi connectivity index (χ2n) is 4.64. The Kier molecular flexibility index (Phi) is 3.69. The molecule has 7 heteroatoms. The number of ether oxygens (including phenoxy) is 1. The Morgan fingerprint density at radius 1 is 1.24 bits per heavy atom. The summed E-state index contributed by atoms with van der Waals surface area (Å²) in [5, 5.41) is 5.92. The molecule has 0 spiro atoms. The molecule has 0 radical (unpaired) electrons. The van der Waals surface area contributed by atoms with E-state index < -0.39 is 0 Å². The number of benzene rings is 1. The average Bonchev–Trinajstić information content (AvgIpc) is 2.83. The molecule has 3 rings (SSSR count). The SMILES string of the molecule is Cc1cc(OCc2nc(Cl)c3cnn(C)c3n2)ccc1Cl. The van der Waals surface area contributed by atoms with Gasteiger partial charge in [0.25, 0.3) is 0 Å². The molecule has 0 saturated heterocycles. The largest absolute Gasteiger partial charge is 0.486 e. The summed E-state index contributed by atoms with van der Waals surface area (Å²) in [6.45, 7) is 2.15. The zero-order valence-electron chi connectivity index (χ0n) is 11.5. The number of rotatable bonds is 3. The Hall–Kier alpha value is -1.85. The number of hydrogen-bond donors (Lipinski definition) is 0. The lowest BCUT2D eigenvalue weighted by atomic mass is 10.2. The van der Waals surface area contributed by atoms with Crippen molar-refractivity contribution in [3.63, 3.8) is 0 Å². The number of nitrogens with zero attached hydrogens (tertiary/aromatic N) is 4. The van der Waals surface area contributed by atoms with Crippen molar-refractivity contribution in [3.05, 3.63) is 46.0 Å². The number of aromatic nitrogens is 4. The number of aryl methyl sites for hydroxylation is 2. The van der Waals surface area contributed by atoms with E-state index in [4.69, 9.17) is 27.9 Å². The van der Waals surface area contributed by atoms with Gasteiger partial charge in [-0.15, -0.1) is 0 Å². The quantitative estimate of drug-likeness (QED) is 0.692.